The molecule has 3 aliphatic rings. The molecule has 0 saturated heterocycles. The maximum Gasteiger partial charge on any atom is 0.212 e. The summed E-state index contributed by atoms with van der Waals surface area (Å²) in [6, 6.07) is 22.3. The maximum absolute atomic E-state index is 6.93. The van der Waals surface area contributed by atoms with E-state index in [1.807, 2.05) is 42.5 Å². The maximum atomic E-state index is 6.93. The second-order valence-corrected chi connectivity index (χ2v) is 12.2. The van der Waals surface area contributed by atoms with Gasteiger partial charge in [0.1, 0.15) is 24.7 Å². The normalized spacial score (nSPS) is 21.5. The minimum atomic E-state index is -0.682. The van der Waals surface area contributed by atoms with Gasteiger partial charge in [0.2, 0.25) is 5.72 Å². The van der Waals surface area contributed by atoms with Crippen LogP contribution in [0, 0.1) is 0 Å². The van der Waals surface area contributed by atoms with Crippen LogP contribution in [-0.4, -0.2) is 96.8 Å². The van der Waals surface area contributed by atoms with Crippen LogP contribution in [0.2, 0.25) is 0 Å². The lowest BCUT2D eigenvalue weighted by Crippen LogP contribution is -2.60. The van der Waals surface area contributed by atoms with Gasteiger partial charge < -0.3 is 38.1 Å². The molecule has 0 N–H and O–H groups in total. The molecule has 1 unspecified atom stereocenters. The summed E-state index contributed by atoms with van der Waals surface area (Å²) in [5.74, 6) is 3.11. The highest BCUT2D eigenvalue weighted by Crippen LogP contribution is 2.54. The lowest BCUT2D eigenvalue weighted by atomic mass is 9.76. The number of hydrogen-bond acceptors (Lipinski definition) is 9. The van der Waals surface area contributed by atoms with E-state index in [9.17, 15) is 0 Å². The van der Waals surface area contributed by atoms with Crippen molar-refractivity contribution in [1.82, 2.24) is 4.90 Å². The van der Waals surface area contributed by atoms with Gasteiger partial charge in [-0.05, 0) is 68.0 Å². The topological polar surface area (TPSA) is 71.1 Å². The highest BCUT2D eigenvalue weighted by atomic mass is 16.6. The van der Waals surface area contributed by atoms with E-state index in [0.717, 1.165) is 48.2 Å². The Hall–Kier alpha value is -3.76. The van der Waals surface area contributed by atoms with Crippen molar-refractivity contribution >= 4 is 11.8 Å². The van der Waals surface area contributed by atoms with Gasteiger partial charge in [0.05, 0.1) is 52.2 Å². The number of rotatable bonds is 7. The van der Waals surface area contributed by atoms with E-state index in [1.165, 1.54) is 11.3 Å². The van der Waals surface area contributed by atoms with Crippen molar-refractivity contribution in [2.45, 2.75) is 25.0 Å². The molecule has 0 fully saturated rings. The van der Waals surface area contributed by atoms with Crippen LogP contribution in [0.3, 0.4) is 0 Å². The minimum Gasteiger partial charge on any atom is -0.497 e. The summed E-state index contributed by atoms with van der Waals surface area (Å²) in [7, 11) is 1.68. The molecular formula is C37H46N2O7. The van der Waals surface area contributed by atoms with Gasteiger partial charge in [-0.1, -0.05) is 30.3 Å². The molecule has 0 aliphatic carbocycles. The molecule has 3 aliphatic heterocycles. The van der Waals surface area contributed by atoms with E-state index in [0.29, 0.717) is 59.4 Å². The third kappa shape index (κ3) is 6.83. The molecule has 0 amide bonds. The first-order chi connectivity index (χ1) is 22.5. The second-order valence-electron chi connectivity index (χ2n) is 12.2. The van der Waals surface area contributed by atoms with Gasteiger partial charge in [-0.2, -0.15) is 0 Å². The van der Waals surface area contributed by atoms with Crippen molar-refractivity contribution in [2.24, 2.45) is 0 Å². The summed E-state index contributed by atoms with van der Waals surface area (Å²) in [4.78, 5) is 4.69. The zero-order valence-corrected chi connectivity index (χ0v) is 27.2. The second kappa shape index (κ2) is 14.8. The summed E-state index contributed by atoms with van der Waals surface area (Å²) >= 11 is 0. The predicted molar refractivity (Wildman–Crippen MR) is 179 cm³/mol. The average molecular weight is 631 g/mol. The van der Waals surface area contributed by atoms with Crippen LogP contribution in [0.4, 0.5) is 5.69 Å². The molecule has 46 heavy (non-hydrogen) atoms. The van der Waals surface area contributed by atoms with Crippen LogP contribution in [0.1, 0.15) is 25.0 Å². The molecule has 1 atom stereocenters. The monoisotopic (exact) mass is 630 g/mol. The molecule has 0 bridgehead atoms. The predicted octanol–water partition coefficient (Wildman–Crippen LogP) is 5.42. The van der Waals surface area contributed by atoms with Crippen molar-refractivity contribution < 1.29 is 33.2 Å². The first-order valence-electron chi connectivity index (χ1n) is 16.3. The molecule has 0 saturated carbocycles. The standard InChI is InChI=1S/C37H46N2O7/c1-36(2)31-8-4-5-9-32(31)39(37(36)15-14-29-28-30(40-3)12-13-33(29)46-37)19-23-41-20-16-38-17-21-42-24-26-44-34-10-6-7-11-35(34)45-27-25-43-22-18-38/h4-15,28H,16-27H2,1-3H3. The first-order valence-corrected chi connectivity index (χ1v) is 16.3. The number of nitrogens with zero attached hydrogens (tertiary/aromatic N) is 2. The van der Waals surface area contributed by atoms with Crippen molar-refractivity contribution in [3.05, 3.63) is 83.9 Å². The van der Waals surface area contributed by atoms with E-state index in [2.05, 4.69) is 60.1 Å². The largest absolute Gasteiger partial charge is 0.497 e. The Morgan fingerprint density at radius 2 is 1.41 bits per heavy atom. The Labute approximate surface area is 272 Å². The van der Waals surface area contributed by atoms with E-state index in [-0.39, 0.29) is 5.41 Å². The van der Waals surface area contributed by atoms with Gasteiger partial charge in [-0.15, -0.1) is 0 Å². The Morgan fingerprint density at radius 1 is 0.739 bits per heavy atom. The zero-order chi connectivity index (χ0) is 31.8. The molecule has 0 radical (unpaired) electrons. The number of methoxy groups -OCH3 is 1. The Kier molecular flexibility index (Phi) is 10.3. The van der Waals surface area contributed by atoms with Crippen LogP contribution >= 0.6 is 0 Å². The number of fused-ring (bicyclic) bond motifs is 3. The van der Waals surface area contributed by atoms with Crippen molar-refractivity contribution in [3.8, 4) is 23.0 Å². The highest BCUT2D eigenvalue weighted by molar-refractivity contribution is 5.72. The van der Waals surface area contributed by atoms with Crippen LogP contribution in [0.25, 0.3) is 6.08 Å². The van der Waals surface area contributed by atoms with Gasteiger partial charge in [0, 0.05) is 37.4 Å². The van der Waals surface area contributed by atoms with E-state index < -0.39 is 5.72 Å². The minimum absolute atomic E-state index is 0.299. The molecule has 9 nitrogen and oxygen atoms in total. The fraction of sp³-hybridized carbons (Fsp3) is 0.459. The fourth-order valence-electron chi connectivity index (χ4n) is 6.48. The Bertz CT molecular complexity index is 1440. The smallest absolute Gasteiger partial charge is 0.212 e. The van der Waals surface area contributed by atoms with E-state index in [4.69, 9.17) is 33.2 Å². The third-order valence-corrected chi connectivity index (χ3v) is 9.07. The lowest BCUT2D eigenvalue weighted by molar-refractivity contribution is 0.0347. The third-order valence-electron chi connectivity index (χ3n) is 9.07. The van der Waals surface area contributed by atoms with E-state index >= 15 is 0 Å². The Balaban J connectivity index is 1.04. The molecule has 9 heteroatoms. The van der Waals surface area contributed by atoms with Crippen LogP contribution in [0.5, 0.6) is 23.0 Å². The number of ether oxygens (including phenoxy) is 7. The summed E-state index contributed by atoms with van der Waals surface area (Å²) in [6.45, 7) is 11.9. The highest BCUT2D eigenvalue weighted by Gasteiger charge is 2.58. The van der Waals surface area contributed by atoms with E-state index in [1.54, 1.807) is 7.11 Å². The number of anilines is 1. The Morgan fingerprint density at radius 3 is 2.13 bits per heavy atom. The van der Waals surface area contributed by atoms with Gasteiger partial charge >= 0.3 is 0 Å². The summed E-state index contributed by atoms with van der Waals surface area (Å²) in [5, 5.41) is 0. The quantitative estimate of drug-likeness (QED) is 0.319. The number of hydrogen-bond donors (Lipinski definition) is 0. The van der Waals surface area contributed by atoms with Gasteiger partial charge in [-0.25, -0.2) is 0 Å². The summed E-state index contributed by atoms with van der Waals surface area (Å²) < 4.78 is 42.2. The summed E-state index contributed by atoms with van der Waals surface area (Å²) in [5.41, 5.74) is 2.47. The summed E-state index contributed by atoms with van der Waals surface area (Å²) in [6.07, 6.45) is 4.36. The van der Waals surface area contributed by atoms with Gasteiger partial charge in [-0.3, -0.25) is 4.90 Å². The molecule has 0 aromatic heterocycles. The number of benzene rings is 3. The molecule has 246 valence electrons. The molecule has 3 aromatic rings. The van der Waals surface area contributed by atoms with Gasteiger partial charge in [0.25, 0.3) is 0 Å². The average Bonchev–Trinajstić information content (AvgIpc) is 3.24. The van der Waals surface area contributed by atoms with Crippen LogP contribution in [-0.2, 0) is 19.6 Å². The van der Waals surface area contributed by atoms with Crippen molar-refractivity contribution in [3.63, 3.8) is 0 Å². The first kappa shape index (κ1) is 32.2. The van der Waals surface area contributed by atoms with Gasteiger partial charge in [0.15, 0.2) is 11.5 Å². The van der Waals surface area contributed by atoms with Crippen LogP contribution < -0.4 is 23.8 Å². The number of para-hydroxylation sites is 3. The molecule has 1 spiro atoms. The molecule has 6 rings (SSSR count). The molecule has 3 heterocycles. The SMILES string of the molecule is COc1ccc2c(c1)C=CC1(O2)N(CCOCCN2CCOCCOc3ccccc3OCCOCC2)c2ccccc2C1(C)C. The zero-order valence-electron chi connectivity index (χ0n) is 27.2. The van der Waals surface area contributed by atoms with Crippen LogP contribution in [0.15, 0.2) is 72.8 Å². The van der Waals surface area contributed by atoms with Crippen molar-refractivity contribution in [2.75, 3.05) is 91.0 Å². The lowest BCUT2D eigenvalue weighted by Gasteiger charge is -2.47. The fourth-order valence-corrected chi connectivity index (χ4v) is 6.48. The molecular weight excluding hydrogens is 584 g/mol. The molecule has 3 aromatic carbocycles. The van der Waals surface area contributed by atoms with Crippen molar-refractivity contribution in [1.29, 1.82) is 0 Å².